The second-order valence-electron chi connectivity index (χ2n) is 5.40. The van der Waals surface area contributed by atoms with Crippen LogP contribution in [0.15, 0.2) is 24.3 Å². The van der Waals surface area contributed by atoms with E-state index in [1.54, 1.807) is 12.1 Å². The molecule has 0 spiro atoms. The molecule has 0 heterocycles. The van der Waals surface area contributed by atoms with Crippen LogP contribution in [0.25, 0.3) is 0 Å². The fourth-order valence-electron chi connectivity index (χ4n) is 1.96. The van der Waals surface area contributed by atoms with Crippen LogP contribution in [-0.2, 0) is 16.3 Å². The van der Waals surface area contributed by atoms with Crippen LogP contribution in [0, 0.1) is 5.92 Å². The minimum atomic E-state index is -3.38. The van der Waals surface area contributed by atoms with E-state index in [0.717, 1.165) is 18.4 Å². The van der Waals surface area contributed by atoms with Crippen LogP contribution in [0.3, 0.4) is 0 Å². The van der Waals surface area contributed by atoms with Crippen molar-refractivity contribution in [2.75, 3.05) is 5.75 Å². The molecule has 2 unspecified atom stereocenters. The van der Waals surface area contributed by atoms with E-state index in [1.165, 1.54) is 6.92 Å². The average molecular weight is 296 g/mol. The van der Waals surface area contributed by atoms with E-state index in [1.807, 2.05) is 32.9 Å². The van der Waals surface area contributed by atoms with Crippen molar-refractivity contribution in [1.82, 2.24) is 0 Å². The molecule has 3 nitrogen and oxygen atoms in total. The second-order valence-corrected chi connectivity index (χ2v) is 7.77. The fraction of sp³-hybridized carbons (Fsp3) is 0.562. The van der Waals surface area contributed by atoms with Gasteiger partial charge in [0.05, 0.1) is 5.75 Å². The van der Waals surface area contributed by atoms with Crippen molar-refractivity contribution in [2.45, 2.75) is 45.8 Å². The number of carbonyl (C=O) groups excluding carboxylic acids is 1. The van der Waals surface area contributed by atoms with Gasteiger partial charge in [-0.3, -0.25) is 4.79 Å². The van der Waals surface area contributed by atoms with E-state index in [4.69, 9.17) is 0 Å². The summed E-state index contributed by atoms with van der Waals surface area (Å²) in [5, 5.41) is -0.969. The van der Waals surface area contributed by atoms with Gasteiger partial charge >= 0.3 is 0 Å². The lowest BCUT2D eigenvalue weighted by molar-refractivity contribution is 0.0991. The monoisotopic (exact) mass is 296 g/mol. The maximum Gasteiger partial charge on any atom is 0.180 e. The Balaban J connectivity index is 2.89. The zero-order chi connectivity index (χ0) is 15.3. The molecule has 112 valence electrons. The molecule has 0 bridgehead atoms. The predicted octanol–water partition coefficient (Wildman–Crippen LogP) is 3.28. The van der Waals surface area contributed by atoms with Gasteiger partial charge in [-0.05, 0) is 24.8 Å². The van der Waals surface area contributed by atoms with Gasteiger partial charge in [0.15, 0.2) is 15.6 Å². The van der Waals surface area contributed by atoms with Crippen LogP contribution in [0.2, 0.25) is 0 Å². The first-order valence-electron chi connectivity index (χ1n) is 7.16. The number of aryl methyl sites for hydroxylation is 1. The first kappa shape index (κ1) is 16.9. The van der Waals surface area contributed by atoms with Gasteiger partial charge in [0.25, 0.3) is 0 Å². The maximum absolute atomic E-state index is 12.3. The molecule has 0 aliphatic carbocycles. The Kier molecular flexibility index (Phi) is 5.93. The molecule has 4 heteroatoms. The molecule has 0 saturated carbocycles. The van der Waals surface area contributed by atoms with E-state index >= 15 is 0 Å². The summed E-state index contributed by atoms with van der Waals surface area (Å²) < 4.78 is 24.4. The number of benzene rings is 1. The average Bonchev–Trinajstić information content (AvgIpc) is 2.45. The lowest BCUT2D eigenvalue weighted by Crippen LogP contribution is -2.31. The first-order valence-corrected chi connectivity index (χ1v) is 8.88. The zero-order valence-electron chi connectivity index (χ0n) is 12.7. The van der Waals surface area contributed by atoms with Crippen LogP contribution < -0.4 is 0 Å². The molecule has 0 aliphatic heterocycles. The lowest BCUT2D eigenvalue weighted by Gasteiger charge is -2.15. The van der Waals surface area contributed by atoms with E-state index in [9.17, 15) is 13.2 Å². The van der Waals surface area contributed by atoms with E-state index < -0.39 is 15.1 Å². The maximum atomic E-state index is 12.3. The van der Waals surface area contributed by atoms with Gasteiger partial charge in [0.1, 0.15) is 5.25 Å². The zero-order valence-corrected chi connectivity index (χ0v) is 13.5. The molecule has 20 heavy (non-hydrogen) atoms. The summed E-state index contributed by atoms with van der Waals surface area (Å²) in [5.74, 6) is -0.155. The highest BCUT2D eigenvalue weighted by Gasteiger charge is 2.29. The Morgan fingerprint density at radius 3 is 2.10 bits per heavy atom. The summed E-state index contributed by atoms with van der Waals surface area (Å²) in [6, 6.07) is 7.19. The lowest BCUT2D eigenvalue weighted by atomic mass is 10.1. The standard InChI is InChI=1S/C16H24O3S/c1-5-12(3)11-20(18,19)13(4)16(17)15-9-7-14(6-2)8-10-15/h7-10,12-13H,5-6,11H2,1-4H3. The molecule has 0 fully saturated rings. The Labute approximate surface area is 122 Å². The van der Waals surface area contributed by atoms with Crippen molar-refractivity contribution in [3.63, 3.8) is 0 Å². The van der Waals surface area contributed by atoms with Gasteiger partial charge in [-0.15, -0.1) is 0 Å². The molecule has 0 aliphatic rings. The van der Waals surface area contributed by atoms with Gasteiger partial charge in [-0.25, -0.2) is 8.42 Å². The van der Waals surface area contributed by atoms with Crippen molar-refractivity contribution >= 4 is 15.6 Å². The van der Waals surface area contributed by atoms with Crippen LogP contribution in [0.4, 0.5) is 0 Å². The summed E-state index contributed by atoms with van der Waals surface area (Å²) in [4.78, 5) is 12.3. The van der Waals surface area contributed by atoms with Crippen LogP contribution in [-0.4, -0.2) is 25.2 Å². The number of ketones is 1. The minimum absolute atomic E-state index is 0.0729. The third-order valence-corrected chi connectivity index (χ3v) is 6.09. The highest BCUT2D eigenvalue weighted by Crippen LogP contribution is 2.16. The third kappa shape index (κ3) is 4.17. The molecule has 1 rings (SSSR count). The second kappa shape index (κ2) is 7.02. The molecule has 1 aromatic rings. The molecular formula is C16H24O3S. The van der Waals surface area contributed by atoms with Gasteiger partial charge in [0.2, 0.25) is 0 Å². The number of sulfone groups is 1. The highest BCUT2D eigenvalue weighted by molar-refractivity contribution is 7.92. The number of hydrogen-bond donors (Lipinski definition) is 0. The van der Waals surface area contributed by atoms with Crippen molar-refractivity contribution in [3.8, 4) is 0 Å². The van der Waals surface area contributed by atoms with Crippen molar-refractivity contribution in [1.29, 1.82) is 0 Å². The van der Waals surface area contributed by atoms with Gasteiger partial charge < -0.3 is 0 Å². The number of Topliss-reactive ketones (excluding diaryl/α,β-unsaturated/α-hetero) is 1. The predicted molar refractivity (Wildman–Crippen MR) is 82.9 cm³/mol. The smallest absolute Gasteiger partial charge is 0.180 e. The van der Waals surface area contributed by atoms with Gasteiger partial charge in [-0.1, -0.05) is 51.5 Å². The Hall–Kier alpha value is -1.16. The SMILES string of the molecule is CCc1ccc(C(=O)C(C)S(=O)(=O)CC(C)CC)cc1. The largest absolute Gasteiger partial charge is 0.293 e. The van der Waals surface area contributed by atoms with Gasteiger partial charge in [-0.2, -0.15) is 0 Å². The number of rotatable bonds is 7. The van der Waals surface area contributed by atoms with Crippen molar-refractivity contribution in [3.05, 3.63) is 35.4 Å². The topological polar surface area (TPSA) is 51.2 Å². The molecule has 1 aromatic carbocycles. The molecule has 0 radical (unpaired) electrons. The summed E-state index contributed by atoms with van der Waals surface area (Å²) in [6.45, 7) is 7.38. The fourth-order valence-corrected chi connectivity index (χ4v) is 3.74. The molecule has 0 saturated heterocycles. The number of hydrogen-bond acceptors (Lipinski definition) is 3. The summed E-state index contributed by atoms with van der Waals surface area (Å²) in [5.41, 5.74) is 1.61. The van der Waals surface area contributed by atoms with Crippen LogP contribution >= 0.6 is 0 Å². The van der Waals surface area contributed by atoms with Crippen molar-refractivity contribution < 1.29 is 13.2 Å². The van der Waals surface area contributed by atoms with Crippen LogP contribution in [0.1, 0.15) is 50.0 Å². The summed E-state index contributed by atoms with van der Waals surface area (Å²) >= 11 is 0. The quantitative estimate of drug-likeness (QED) is 0.726. The Bertz CT molecular complexity index is 544. The molecule has 0 N–H and O–H groups in total. The van der Waals surface area contributed by atoms with Crippen LogP contribution in [0.5, 0.6) is 0 Å². The molecule has 0 aromatic heterocycles. The van der Waals surface area contributed by atoms with E-state index in [0.29, 0.717) is 5.56 Å². The van der Waals surface area contributed by atoms with Gasteiger partial charge in [0, 0.05) is 5.56 Å². The van der Waals surface area contributed by atoms with E-state index in [2.05, 4.69) is 0 Å². The summed E-state index contributed by atoms with van der Waals surface area (Å²) in [7, 11) is -3.38. The van der Waals surface area contributed by atoms with Crippen molar-refractivity contribution in [2.24, 2.45) is 5.92 Å². The Morgan fingerprint density at radius 1 is 1.10 bits per heavy atom. The first-order chi connectivity index (χ1) is 9.31. The van der Waals surface area contributed by atoms with E-state index in [-0.39, 0.29) is 17.5 Å². The molecular weight excluding hydrogens is 272 g/mol. The summed E-state index contributed by atoms with van der Waals surface area (Å²) in [6.07, 6.45) is 1.70. The molecule has 0 amide bonds. The highest BCUT2D eigenvalue weighted by atomic mass is 32.2. The Morgan fingerprint density at radius 2 is 1.65 bits per heavy atom. The minimum Gasteiger partial charge on any atom is -0.293 e. The normalized spacial score (nSPS) is 14.8. The number of carbonyl (C=O) groups is 1. The third-order valence-electron chi connectivity index (χ3n) is 3.77. The molecule has 2 atom stereocenters.